The van der Waals surface area contributed by atoms with Gasteiger partial charge in [-0.15, -0.1) is 0 Å². The van der Waals surface area contributed by atoms with Crippen LogP contribution in [0.15, 0.2) is 52.3 Å². The van der Waals surface area contributed by atoms with Gasteiger partial charge in [-0.3, -0.25) is 0 Å². The Morgan fingerprint density at radius 1 is 1.00 bits per heavy atom. The number of halogens is 1. The summed E-state index contributed by atoms with van der Waals surface area (Å²) in [5.41, 5.74) is 0.950. The zero-order valence-electron chi connectivity index (χ0n) is 9.59. The molecule has 0 unspecified atom stereocenters. The second-order valence-electron chi connectivity index (χ2n) is 4.22. The van der Waals surface area contributed by atoms with Crippen molar-refractivity contribution in [2.75, 3.05) is 0 Å². The number of aryl methyl sites for hydroxylation is 1. The molecule has 1 aliphatic rings. The second kappa shape index (κ2) is 4.29. The molecular formula is C13H10BiClO2S. The quantitative estimate of drug-likeness (QED) is 0.542. The van der Waals surface area contributed by atoms with Crippen LogP contribution in [0.3, 0.4) is 0 Å². The summed E-state index contributed by atoms with van der Waals surface area (Å²) in [6, 6.07) is 12.7. The number of fused-ring (bicyclic) bond motifs is 2. The van der Waals surface area contributed by atoms with Gasteiger partial charge in [-0.25, -0.2) is 0 Å². The molecule has 3 rings (SSSR count). The van der Waals surface area contributed by atoms with Gasteiger partial charge in [0.25, 0.3) is 0 Å². The summed E-state index contributed by atoms with van der Waals surface area (Å²) in [4.78, 5) is 0.838. The Labute approximate surface area is 118 Å². The molecule has 1 heterocycles. The molecule has 0 saturated carbocycles. The van der Waals surface area contributed by atoms with Crippen LogP contribution in [-0.2, 0) is 9.84 Å². The van der Waals surface area contributed by atoms with E-state index in [1.807, 2.05) is 31.2 Å². The fourth-order valence-corrected chi connectivity index (χ4v) is 16.2. The molecule has 0 aliphatic carbocycles. The molecule has 0 atom stereocenters. The zero-order chi connectivity index (χ0) is 12.9. The van der Waals surface area contributed by atoms with Crippen LogP contribution in [0.4, 0.5) is 0 Å². The molecule has 0 fully saturated rings. The fraction of sp³-hybridized carbons (Fsp3) is 0.0769. The van der Waals surface area contributed by atoms with E-state index in [-0.39, 0.29) is 0 Å². The van der Waals surface area contributed by atoms with Crippen molar-refractivity contribution >= 4 is 45.5 Å². The normalized spacial score (nSPS) is 17.0. The molecule has 0 amide bonds. The van der Waals surface area contributed by atoms with Gasteiger partial charge in [0.15, 0.2) is 0 Å². The van der Waals surface area contributed by atoms with Crippen molar-refractivity contribution in [2.24, 2.45) is 0 Å². The molecular weight excluding hydrogens is 465 g/mol. The summed E-state index contributed by atoms with van der Waals surface area (Å²) in [7, 11) is 3.21. The number of hydrogen-bond acceptors (Lipinski definition) is 2. The molecule has 0 spiro atoms. The van der Waals surface area contributed by atoms with Crippen molar-refractivity contribution in [3.05, 3.63) is 48.0 Å². The first-order chi connectivity index (χ1) is 8.51. The first-order valence-electron chi connectivity index (χ1n) is 5.42. The monoisotopic (exact) mass is 474 g/mol. The van der Waals surface area contributed by atoms with Gasteiger partial charge in [-0.05, 0) is 0 Å². The first kappa shape index (κ1) is 12.6. The summed E-state index contributed by atoms with van der Waals surface area (Å²) >= 11 is -2.60. The fourth-order valence-electron chi connectivity index (χ4n) is 2.09. The van der Waals surface area contributed by atoms with Crippen molar-refractivity contribution in [3.8, 4) is 0 Å². The average molecular weight is 475 g/mol. The molecule has 2 aromatic carbocycles. The molecule has 1 aliphatic heterocycles. The molecule has 18 heavy (non-hydrogen) atoms. The standard InChI is InChI=1S/C13H10O2S.Bi.ClH/c1-11-6-5-9-13(10-11)16(14,15)12-7-3-2-4-8-12;;/h2-7,10H,1H3;;1H/q;+1;/p-1. The molecule has 0 aromatic heterocycles. The van der Waals surface area contributed by atoms with E-state index in [1.54, 1.807) is 18.2 Å². The van der Waals surface area contributed by atoms with Crippen molar-refractivity contribution in [2.45, 2.75) is 16.7 Å². The number of sulfone groups is 1. The summed E-state index contributed by atoms with van der Waals surface area (Å²) in [6.45, 7) is 1.90. The summed E-state index contributed by atoms with van der Waals surface area (Å²) < 4.78 is 26.9. The van der Waals surface area contributed by atoms with Gasteiger partial charge in [0.2, 0.25) is 0 Å². The molecule has 0 saturated heterocycles. The van der Waals surface area contributed by atoms with Crippen LogP contribution in [0.25, 0.3) is 0 Å². The minimum absolute atomic E-state index is 0.413. The molecule has 0 N–H and O–H groups in total. The van der Waals surface area contributed by atoms with Gasteiger partial charge >= 0.3 is 119 Å². The van der Waals surface area contributed by atoms with E-state index in [2.05, 4.69) is 0 Å². The van der Waals surface area contributed by atoms with Gasteiger partial charge in [0.05, 0.1) is 0 Å². The van der Waals surface area contributed by atoms with Crippen LogP contribution < -0.4 is 6.54 Å². The Kier molecular flexibility index (Phi) is 3.00. The van der Waals surface area contributed by atoms with E-state index in [9.17, 15) is 8.42 Å². The molecule has 2 aromatic rings. The van der Waals surface area contributed by atoms with E-state index in [0.29, 0.717) is 9.79 Å². The van der Waals surface area contributed by atoms with E-state index in [0.717, 1.165) is 12.1 Å². The Morgan fingerprint density at radius 2 is 1.67 bits per heavy atom. The van der Waals surface area contributed by atoms with E-state index in [1.165, 1.54) is 0 Å². The summed E-state index contributed by atoms with van der Waals surface area (Å²) in [5.74, 6) is 0. The number of rotatable bonds is 0. The van der Waals surface area contributed by atoms with Crippen LogP contribution in [0.1, 0.15) is 5.56 Å². The van der Waals surface area contributed by atoms with Crippen LogP contribution in [0.2, 0.25) is 0 Å². The maximum absolute atomic E-state index is 12.6. The minimum atomic E-state index is -3.39. The van der Waals surface area contributed by atoms with E-state index < -0.39 is 30.4 Å². The Morgan fingerprint density at radius 3 is 2.44 bits per heavy atom. The van der Waals surface area contributed by atoms with Gasteiger partial charge in [-0.1, -0.05) is 0 Å². The van der Waals surface area contributed by atoms with E-state index in [4.69, 9.17) is 8.51 Å². The zero-order valence-corrected chi connectivity index (χ0v) is 14.6. The topological polar surface area (TPSA) is 34.1 Å². The average Bonchev–Trinajstić information content (AvgIpc) is 2.36. The number of benzene rings is 2. The van der Waals surface area contributed by atoms with Crippen LogP contribution in [-0.4, -0.2) is 29.0 Å². The Balaban J connectivity index is 2.41. The van der Waals surface area contributed by atoms with Crippen LogP contribution in [0.5, 0.6) is 0 Å². The Bertz CT molecular complexity index is 740. The predicted octanol–water partition coefficient (Wildman–Crippen LogP) is 1.49. The maximum atomic E-state index is 12.6. The van der Waals surface area contributed by atoms with Gasteiger partial charge < -0.3 is 0 Å². The molecule has 92 valence electrons. The van der Waals surface area contributed by atoms with E-state index >= 15 is 0 Å². The van der Waals surface area contributed by atoms with Gasteiger partial charge in [0, 0.05) is 0 Å². The van der Waals surface area contributed by atoms with Crippen molar-refractivity contribution in [1.29, 1.82) is 0 Å². The number of hydrogen-bond donors (Lipinski definition) is 0. The molecule has 0 bridgehead atoms. The van der Waals surface area contributed by atoms with Gasteiger partial charge in [-0.2, -0.15) is 0 Å². The van der Waals surface area contributed by atoms with Crippen LogP contribution >= 0.6 is 8.51 Å². The molecule has 5 heteroatoms. The van der Waals surface area contributed by atoms with Crippen molar-refractivity contribution in [3.63, 3.8) is 0 Å². The third kappa shape index (κ3) is 1.74. The van der Waals surface area contributed by atoms with Crippen LogP contribution in [0, 0.1) is 6.92 Å². The summed E-state index contributed by atoms with van der Waals surface area (Å²) in [5, 5.41) is 0. The Hall–Kier alpha value is -0.437. The summed E-state index contributed by atoms with van der Waals surface area (Å²) in [6.07, 6.45) is 0. The molecule has 2 nitrogen and oxygen atoms in total. The third-order valence-electron chi connectivity index (χ3n) is 2.98. The third-order valence-corrected chi connectivity index (χ3v) is 15.6. The first-order valence-corrected chi connectivity index (χ1v) is 14.7. The van der Waals surface area contributed by atoms with Crippen molar-refractivity contribution < 1.29 is 8.42 Å². The van der Waals surface area contributed by atoms with Gasteiger partial charge in [0.1, 0.15) is 0 Å². The predicted molar refractivity (Wildman–Crippen MR) is 73.9 cm³/mol. The molecule has 0 radical (unpaired) electrons. The SMILES string of the molecule is Cc1cc[c]2c(c1)S(=O)(=O)c1cccc[c]1[Bi]2[Cl]. The second-order valence-corrected chi connectivity index (χ2v) is 15.0. The van der Waals surface area contributed by atoms with Crippen molar-refractivity contribution in [1.82, 2.24) is 0 Å².